The number of anilines is 2. The molecule has 1 aliphatic carbocycles. The Morgan fingerprint density at radius 3 is 2.51 bits per heavy atom. The minimum atomic E-state index is -1.68. The molecule has 1 amide bonds. The van der Waals surface area contributed by atoms with Gasteiger partial charge < -0.3 is 15.8 Å². The highest BCUT2D eigenvalue weighted by atomic mass is 16.5. The highest BCUT2D eigenvalue weighted by Crippen LogP contribution is 2.57. The molecular formula is C28H29N3O4. The number of aryl methyl sites for hydroxylation is 2. The predicted octanol–water partition coefficient (Wildman–Crippen LogP) is 4.00. The third-order valence-corrected chi connectivity index (χ3v) is 7.28. The number of nitrogens with one attached hydrogen (secondary N) is 1. The summed E-state index contributed by atoms with van der Waals surface area (Å²) in [4.78, 5) is 43.1. The average molecular weight is 472 g/mol. The van der Waals surface area contributed by atoms with Gasteiger partial charge in [0.1, 0.15) is 16.8 Å². The Morgan fingerprint density at radius 2 is 1.80 bits per heavy atom. The number of nitrogens with zero attached hydrogens (tertiary/aromatic N) is 1. The summed E-state index contributed by atoms with van der Waals surface area (Å²) in [7, 11) is 1.26. The van der Waals surface area contributed by atoms with Crippen molar-refractivity contribution in [2.75, 3.05) is 17.3 Å². The van der Waals surface area contributed by atoms with Crippen molar-refractivity contribution >= 4 is 29.0 Å². The van der Waals surface area contributed by atoms with Gasteiger partial charge in [0.2, 0.25) is 5.91 Å². The predicted molar refractivity (Wildman–Crippen MR) is 133 cm³/mol. The Hall–Kier alpha value is -3.87. The van der Waals surface area contributed by atoms with Crippen molar-refractivity contribution in [3.63, 3.8) is 0 Å². The van der Waals surface area contributed by atoms with Gasteiger partial charge in [-0.1, -0.05) is 44.2 Å². The number of ether oxygens (including phenoxy) is 1. The van der Waals surface area contributed by atoms with Crippen molar-refractivity contribution in [2.24, 2.45) is 11.1 Å². The molecule has 3 aliphatic rings. The molecule has 35 heavy (non-hydrogen) atoms. The van der Waals surface area contributed by atoms with E-state index >= 15 is 0 Å². The number of Topliss-reactive ketones (excluding diaryl/α,β-unsaturated/α-hetero) is 1. The lowest BCUT2D eigenvalue weighted by atomic mass is 9.60. The molecule has 0 saturated carbocycles. The molecule has 1 atom stereocenters. The molecule has 1 spiro atoms. The lowest BCUT2D eigenvalue weighted by Gasteiger charge is -2.47. The van der Waals surface area contributed by atoms with Gasteiger partial charge in [-0.2, -0.15) is 0 Å². The Kier molecular flexibility index (Phi) is 4.95. The van der Waals surface area contributed by atoms with Crippen LogP contribution in [0.2, 0.25) is 0 Å². The number of hydrogen-bond acceptors (Lipinski definition) is 6. The molecule has 2 heterocycles. The van der Waals surface area contributed by atoms with Gasteiger partial charge in [-0.05, 0) is 48.9 Å². The van der Waals surface area contributed by atoms with Crippen LogP contribution in [0.25, 0.3) is 0 Å². The summed E-state index contributed by atoms with van der Waals surface area (Å²) in [6.07, 6.45) is 0.756. The van der Waals surface area contributed by atoms with Crippen LogP contribution in [0.15, 0.2) is 65.1 Å². The maximum absolute atomic E-state index is 14.0. The number of carbonyl (C=O) groups excluding carboxylic acids is 3. The third kappa shape index (κ3) is 3.07. The number of para-hydroxylation sites is 1. The SMILES string of the molecule is COC(=O)C1=C(N)N(c2cc(C)ccc2C)C2=C(C(=O)CC(C)(C)C2)C12C(=O)Nc1ccccc12. The molecule has 7 heteroatoms. The number of benzene rings is 2. The van der Waals surface area contributed by atoms with Crippen molar-refractivity contribution in [3.8, 4) is 0 Å². The van der Waals surface area contributed by atoms with Crippen LogP contribution in [0.5, 0.6) is 0 Å². The smallest absolute Gasteiger partial charge is 0.339 e. The molecule has 0 aromatic heterocycles. The van der Waals surface area contributed by atoms with Gasteiger partial charge in [0.15, 0.2) is 5.78 Å². The van der Waals surface area contributed by atoms with E-state index in [9.17, 15) is 14.4 Å². The minimum Gasteiger partial charge on any atom is -0.466 e. The number of nitrogens with two attached hydrogens (primary N) is 1. The molecule has 180 valence electrons. The van der Waals surface area contributed by atoms with Gasteiger partial charge >= 0.3 is 5.97 Å². The number of carbonyl (C=O) groups is 3. The van der Waals surface area contributed by atoms with E-state index in [0.717, 1.165) is 16.8 Å². The molecule has 1 unspecified atom stereocenters. The van der Waals surface area contributed by atoms with Crippen molar-refractivity contribution in [1.82, 2.24) is 0 Å². The minimum absolute atomic E-state index is 0.0323. The third-order valence-electron chi connectivity index (χ3n) is 7.28. The average Bonchev–Trinajstić information content (AvgIpc) is 3.06. The number of ketones is 1. The van der Waals surface area contributed by atoms with E-state index in [-0.39, 0.29) is 29.0 Å². The second-order valence-electron chi connectivity index (χ2n) is 10.4. The van der Waals surface area contributed by atoms with E-state index in [4.69, 9.17) is 10.5 Å². The standard InChI is InChI=1S/C28H29N3O4/c1-15-10-11-16(2)19(12-15)31-20-13-27(3,4)14-21(32)22(20)28(23(24(31)29)25(33)35-5)17-8-6-7-9-18(17)30-26(28)34/h6-12H,13-14,29H2,1-5H3,(H,30,34). The maximum atomic E-state index is 14.0. The highest BCUT2D eigenvalue weighted by Gasteiger charge is 2.62. The van der Waals surface area contributed by atoms with Crippen LogP contribution in [0.4, 0.5) is 11.4 Å². The summed E-state index contributed by atoms with van der Waals surface area (Å²) >= 11 is 0. The second-order valence-corrected chi connectivity index (χ2v) is 10.4. The summed E-state index contributed by atoms with van der Waals surface area (Å²) in [5, 5.41) is 2.90. The zero-order valence-electron chi connectivity index (χ0n) is 20.6. The molecule has 0 bridgehead atoms. The van der Waals surface area contributed by atoms with E-state index in [2.05, 4.69) is 5.32 Å². The molecule has 0 radical (unpaired) electrons. The van der Waals surface area contributed by atoms with Gasteiger partial charge in [0.05, 0.1) is 12.8 Å². The largest absolute Gasteiger partial charge is 0.466 e. The summed E-state index contributed by atoms with van der Waals surface area (Å²) in [6, 6.07) is 13.1. The summed E-state index contributed by atoms with van der Waals surface area (Å²) in [5.41, 5.74) is 9.52. The van der Waals surface area contributed by atoms with Gasteiger partial charge in [0, 0.05) is 28.9 Å². The normalized spacial score (nSPS) is 22.8. The van der Waals surface area contributed by atoms with Crippen LogP contribution >= 0.6 is 0 Å². The molecule has 3 N–H and O–H groups in total. The van der Waals surface area contributed by atoms with Gasteiger partial charge in [-0.3, -0.25) is 14.5 Å². The fraction of sp³-hybridized carbons (Fsp3) is 0.321. The lowest BCUT2D eigenvalue weighted by Crippen LogP contribution is -2.54. The number of allylic oxidation sites excluding steroid dienone is 1. The van der Waals surface area contributed by atoms with Gasteiger partial charge in [0.25, 0.3) is 0 Å². The van der Waals surface area contributed by atoms with Crippen LogP contribution in [-0.2, 0) is 24.5 Å². The van der Waals surface area contributed by atoms with E-state index in [1.165, 1.54) is 7.11 Å². The first kappa shape index (κ1) is 22.9. The molecule has 2 aromatic rings. The zero-order chi connectivity index (χ0) is 25.3. The van der Waals surface area contributed by atoms with Crippen LogP contribution in [0.3, 0.4) is 0 Å². The number of hydrogen-bond donors (Lipinski definition) is 2. The maximum Gasteiger partial charge on any atom is 0.339 e. The van der Waals surface area contributed by atoms with Crippen molar-refractivity contribution in [3.05, 3.63) is 81.8 Å². The van der Waals surface area contributed by atoms with Crippen LogP contribution in [-0.4, -0.2) is 24.8 Å². The fourth-order valence-corrected chi connectivity index (χ4v) is 5.83. The Bertz CT molecular complexity index is 1380. The van der Waals surface area contributed by atoms with Gasteiger partial charge in [-0.15, -0.1) is 0 Å². The topological polar surface area (TPSA) is 102 Å². The summed E-state index contributed by atoms with van der Waals surface area (Å²) in [6.45, 7) is 7.99. The van der Waals surface area contributed by atoms with Crippen LogP contribution in [0, 0.1) is 19.3 Å². The summed E-state index contributed by atoms with van der Waals surface area (Å²) < 4.78 is 5.19. The van der Waals surface area contributed by atoms with Crippen molar-refractivity contribution in [1.29, 1.82) is 0 Å². The first-order valence-corrected chi connectivity index (χ1v) is 11.7. The number of esters is 1. The van der Waals surface area contributed by atoms with E-state index < -0.39 is 17.3 Å². The first-order valence-electron chi connectivity index (χ1n) is 11.7. The molecule has 5 rings (SSSR count). The monoisotopic (exact) mass is 471 g/mol. The molecule has 0 fully saturated rings. The van der Waals surface area contributed by atoms with E-state index in [1.807, 2.05) is 45.9 Å². The number of methoxy groups -OCH3 is 1. The zero-order valence-corrected chi connectivity index (χ0v) is 20.6. The Labute approximate surface area is 204 Å². The van der Waals surface area contributed by atoms with Crippen LogP contribution in [0.1, 0.15) is 43.4 Å². The fourth-order valence-electron chi connectivity index (χ4n) is 5.83. The number of amides is 1. The number of rotatable bonds is 2. The van der Waals surface area contributed by atoms with Gasteiger partial charge in [-0.25, -0.2) is 4.79 Å². The molecule has 0 saturated heterocycles. The van der Waals surface area contributed by atoms with E-state index in [1.54, 1.807) is 29.2 Å². The quantitative estimate of drug-likeness (QED) is 0.642. The van der Waals surface area contributed by atoms with Crippen molar-refractivity contribution in [2.45, 2.75) is 46.0 Å². The molecule has 7 nitrogen and oxygen atoms in total. The summed E-state index contributed by atoms with van der Waals surface area (Å²) in [5.74, 6) is -1.29. The Morgan fingerprint density at radius 1 is 1.09 bits per heavy atom. The molecule has 2 aliphatic heterocycles. The van der Waals surface area contributed by atoms with Crippen molar-refractivity contribution < 1.29 is 19.1 Å². The second kappa shape index (κ2) is 7.57. The lowest BCUT2D eigenvalue weighted by molar-refractivity contribution is -0.138. The Balaban J connectivity index is 1.95. The molecule has 2 aromatic carbocycles. The highest BCUT2D eigenvalue weighted by molar-refractivity contribution is 6.23. The first-order chi connectivity index (χ1) is 16.5. The number of fused-ring (bicyclic) bond motifs is 3. The van der Waals surface area contributed by atoms with E-state index in [0.29, 0.717) is 28.9 Å². The molecular weight excluding hydrogens is 442 g/mol. The van der Waals surface area contributed by atoms with Crippen LogP contribution < -0.4 is 16.0 Å².